The van der Waals surface area contributed by atoms with Crippen molar-refractivity contribution in [2.24, 2.45) is 11.3 Å². The van der Waals surface area contributed by atoms with E-state index in [1.165, 1.54) is 38.6 Å². The predicted octanol–water partition coefficient (Wildman–Crippen LogP) is 1.56. The molecule has 1 heterocycles. The van der Waals surface area contributed by atoms with Crippen molar-refractivity contribution in [1.82, 2.24) is 5.32 Å². The molecule has 2 aliphatic carbocycles. The van der Waals surface area contributed by atoms with E-state index in [0.717, 1.165) is 30.6 Å². The molecule has 2 saturated carbocycles. The van der Waals surface area contributed by atoms with Crippen LogP contribution in [0.2, 0.25) is 0 Å². The summed E-state index contributed by atoms with van der Waals surface area (Å²) in [6.07, 6.45) is 6.95. The summed E-state index contributed by atoms with van der Waals surface area (Å²) in [6, 6.07) is 0.887. The zero-order valence-corrected chi connectivity index (χ0v) is 8.22. The zero-order valence-electron chi connectivity index (χ0n) is 8.22. The highest BCUT2D eigenvalue weighted by Gasteiger charge is 2.53. The monoisotopic (exact) mass is 181 g/mol. The maximum absolute atomic E-state index is 5.41. The average Bonchev–Trinajstić information content (AvgIpc) is 3.02. The molecule has 74 valence electrons. The van der Waals surface area contributed by atoms with Gasteiger partial charge >= 0.3 is 0 Å². The van der Waals surface area contributed by atoms with E-state index in [4.69, 9.17) is 4.74 Å². The van der Waals surface area contributed by atoms with Gasteiger partial charge in [-0.05, 0) is 50.0 Å². The molecule has 1 N–H and O–H groups in total. The molecular formula is C11H19NO. The van der Waals surface area contributed by atoms with Crippen LogP contribution in [0.25, 0.3) is 0 Å². The summed E-state index contributed by atoms with van der Waals surface area (Å²) in [7, 11) is 0. The molecule has 0 aromatic rings. The minimum atomic E-state index is 0.722. The van der Waals surface area contributed by atoms with Gasteiger partial charge in [-0.25, -0.2) is 0 Å². The summed E-state index contributed by atoms with van der Waals surface area (Å²) in [6.45, 7) is 3.31. The van der Waals surface area contributed by atoms with Crippen molar-refractivity contribution in [2.45, 2.75) is 38.1 Å². The maximum Gasteiger partial charge on any atom is 0.0471 e. The van der Waals surface area contributed by atoms with Crippen LogP contribution in [0.3, 0.4) is 0 Å². The van der Waals surface area contributed by atoms with E-state index in [1.807, 2.05) is 0 Å². The Labute approximate surface area is 80.0 Å². The summed E-state index contributed by atoms with van der Waals surface area (Å²) in [5, 5.41) is 3.65. The number of nitrogens with one attached hydrogen (secondary N) is 1. The summed E-state index contributed by atoms with van der Waals surface area (Å²) in [5.74, 6) is 0.983. The van der Waals surface area contributed by atoms with Gasteiger partial charge in [0.25, 0.3) is 0 Å². The first-order valence-electron chi connectivity index (χ1n) is 5.70. The first-order valence-corrected chi connectivity index (χ1v) is 5.70. The van der Waals surface area contributed by atoms with E-state index in [9.17, 15) is 0 Å². The Morgan fingerprint density at radius 1 is 1.23 bits per heavy atom. The van der Waals surface area contributed by atoms with Gasteiger partial charge in [-0.3, -0.25) is 0 Å². The minimum absolute atomic E-state index is 0.722. The van der Waals surface area contributed by atoms with Gasteiger partial charge in [0.2, 0.25) is 0 Å². The SMILES string of the molecule is C1CC2(CCO1)CC2CNC1CC1. The van der Waals surface area contributed by atoms with Crippen LogP contribution in [0.4, 0.5) is 0 Å². The molecule has 1 aliphatic heterocycles. The van der Waals surface area contributed by atoms with Crippen LogP contribution in [0.1, 0.15) is 32.1 Å². The standard InChI is InChI=1S/C11H19NO/c1-2-10(1)12-8-9-7-11(9)3-5-13-6-4-11/h9-10,12H,1-8H2. The topological polar surface area (TPSA) is 21.3 Å². The van der Waals surface area contributed by atoms with E-state index in [-0.39, 0.29) is 0 Å². The van der Waals surface area contributed by atoms with Crippen molar-refractivity contribution in [3.63, 3.8) is 0 Å². The minimum Gasteiger partial charge on any atom is -0.381 e. The van der Waals surface area contributed by atoms with Gasteiger partial charge in [0.15, 0.2) is 0 Å². The van der Waals surface area contributed by atoms with Gasteiger partial charge in [0, 0.05) is 19.3 Å². The molecule has 0 aromatic carbocycles. The summed E-state index contributed by atoms with van der Waals surface area (Å²) >= 11 is 0. The van der Waals surface area contributed by atoms with Gasteiger partial charge in [-0.1, -0.05) is 0 Å². The van der Waals surface area contributed by atoms with Crippen molar-refractivity contribution in [3.8, 4) is 0 Å². The molecule has 1 unspecified atom stereocenters. The zero-order chi connectivity index (χ0) is 8.73. The fourth-order valence-corrected chi connectivity index (χ4v) is 2.71. The second-order valence-electron chi connectivity index (χ2n) is 5.06. The molecule has 1 saturated heterocycles. The van der Waals surface area contributed by atoms with Crippen LogP contribution in [0, 0.1) is 11.3 Å². The predicted molar refractivity (Wildman–Crippen MR) is 51.6 cm³/mol. The Hall–Kier alpha value is -0.0800. The van der Waals surface area contributed by atoms with Crippen molar-refractivity contribution in [1.29, 1.82) is 0 Å². The van der Waals surface area contributed by atoms with Gasteiger partial charge in [0.1, 0.15) is 0 Å². The number of hydrogen-bond acceptors (Lipinski definition) is 2. The van der Waals surface area contributed by atoms with Crippen molar-refractivity contribution < 1.29 is 4.74 Å². The molecule has 3 fully saturated rings. The molecule has 0 amide bonds. The van der Waals surface area contributed by atoms with Crippen LogP contribution >= 0.6 is 0 Å². The summed E-state index contributed by atoms with van der Waals surface area (Å²) in [4.78, 5) is 0. The third-order valence-electron chi connectivity index (χ3n) is 4.08. The molecule has 0 radical (unpaired) electrons. The third kappa shape index (κ3) is 1.62. The molecule has 13 heavy (non-hydrogen) atoms. The highest BCUT2D eigenvalue weighted by Crippen LogP contribution is 2.58. The van der Waals surface area contributed by atoms with E-state index >= 15 is 0 Å². The number of hydrogen-bond donors (Lipinski definition) is 1. The normalized spacial score (nSPS) is 36.5. The number of ether oxygens (including phenoxy) is 1. The Bertz CT molecular complexity index is 194. The van der Waals surface area contributed by atoms with E-state index < -0.39 is 0 Å². The second-order valence-corrected chi connectivity index (χ2v) is 5.06. The lowest BCUT2D eigenvalue weighted by Gasteiger charge is -2.22. The molecule has 3 aliphatic rings. The molecule has 3 rings (SSSR count). The van der Waals surface area contributed by atoms with Gasteiger partial charge < -0.3 is 10.1 Å². The fourth-order valence-electron chi connectivity index (χ4n) is 2.71. The molecule has 1 spiro atoms. The van der Waals surface area contributed by atoms with Crippen molar-refractivity contribution in [3.05, 3.63) is 0 Å². The average molecular weight is 181 g/mol. The van der Waals surface area contributed by atoms with Crippen LogP contribution in [-0.4, -0.2) is 25.8 Å². The van der Waals surface area contributed by atoms with Crippen molar-refractivity contribution in [2.75, 3.05) is 19.8 Å². The Morgan fingerprint density at radius 3 is 2.69 bits per heavy atom. The van der Waals surface area contributed by atoms with E-state index in [0.29, 0.717) is 0 Å². The lowest BCUT2D eigenvalue weighted by atomic mass is 9.94. The fraction of sp³-hybridized carbons (Fsp3) is 1.00. The quantitative estimate of drug-likeness (QED) is 0.713. The Balaban J connectivity index is 1.46. The van der Waals surface area contributed by atoms with Gasteiger partial charge in [-0.15, -0.1) is 0 Å². The smallest absolute Gasteiger partial charge is 0.0471 e. The van der Waals surface area contributed by atoms with Crippen LogP contribution < -0.4 is 5.32 Å². The Morgan fingerprint density at radius 2 is 2.00 bits per heavy atom. The maximum atomic E-state index is 5.41. The number of rotatable bonds is 3. The largest absolute Gasteiger partial charge is 0.381 e. The Kier molecular flexibility index (Phi) is 1.88. The molecule has 0 aromatic heterocycles. The van der Waals surface area contributed by atoms with Crippen LogP contribution in [0.15, 0.2) is 0 Å². The van der Waals surface area contributed by atoms with Crippen LogP contribution in [0.5, 0.6) is 0 Å². The first kappa shape index (κ1) is 8.25. The van der Waals surface area contributed by atoms with E-state index in [1.54, 1.807) is 0 Å². The molecule has 1 atom stereocenters. The highest BCUT2D eigenvalue weighted by molar-refractivity contribution is 5.04. The summed E-state index contributed by atoms with van der Waals surface area (Å²) in [5.41, 5.74) is 0.722. The lowest BCUT2D eigenvalue weighted by molar-refractivity contribution is 0.0520. The van der Waals surface area contributed by atoms with E-state index in [2.05, 4.69) is 5.32 Å². The van der Waals surface area contributed by atoms with Crippen molar-refractivity contribution >= 4 is 0 Å². The molecule has 0 bridgehead atoms. The van der Waals surface area contributed by atoms with Crippen LogP contribution in [-0.2, 0) is 4.74 Å². The second kappa shape index (κ2) is 2.96. The molecule has 2 heteroatoms. The molecule has 2 nitrogen and oxygen atoms in total. The third-order valence-corrected chi connectivity index (χ3v) is 4.08. The van der Waals surface area contributed by atoms with Gasteiger partial charge in [-0.2, -0.15) is 0 Å². The highest BCUT2D eigenvalue weighted by atomic mass is 16.5. The van der Waals surface area contributed by atoms with Gasteiger partial charge in [0.05, 0.1) is 0 Å². The lowest BCUT2D eigenvalue weighted by Crippen LogP contribution is -2.25. The first-order chi connectivity index (χ1) is 6.39. The summed E-state index contributed by atoms with van der Waals surface area (Å²) < 4.78 is 5.41. The molecular weight excluding hydrogens is 162 g/mol.